The van der Waals surface area contributed by atoms with Gasteiger partial charge >= 0.3 is 0 Å². The molecule has 0 unspecified atom stereocenters. The second-order valence-electron chi connectivity index (χ2n) is 4.28. The molecule has 5 nitrogen and oxygen atoms in total. The molecule has 7 heteroatoms. The van der Waals surface area contributed by atoms with Crippen LogP contribution in [0.1, 0.15) is 12.0 Å². The van der Waals surface area contributed by atoms with Crippen molar-refractivity contribution < 1.29 is 18.3 Å². The number of hydrogen-bond donors (Lipinski definition) is 1. The molecule has 0 radical (unpaired) electrons. The number of nitrogens with zero attached hydrogens (tertiary/aromatic N) is 1. The Hall–Kier alpha value is -0.660. The van der Waals surface area contributed by atoms with Crippen LogP contribution in [0.15, 0.2) is 23.1 Å². The van der Waals surface area contributed by atoms with Gasteiger partial charge in [0.15, 0.2) is 0 Å². The third-order valence-electron chi connectivity index (χ3n) is 3.01. The third-order valence-corrected chi connectivity index (χ3v) is 5.27. The number of ether oxygens (including phenoxy) is 1. The van der Waals surface area contributed by atoms with E-state index >= 15 is 0 Å². The Bertz CT molecular complexity index is 539. The first kappa shape index (κ1) is 14.7. The van der Waals surface area contributed by atoms with Crippen LogP contribution in [0.25, 0.3) is 0 Å². The topological polar surface area (TPSA) is 66.8 Å². The van der Waals surface area contributed by atoms with Gasteiger partial charge in [0.25, 0.3) is 0 Å². The minimum atomic E-state index is -3.55. The molecule has 0 aromatic heterocycles. The molecule has 0 amide bonds. The molecule has 0 spiro atoms. The zero-order valence-electron chi connectivity index (χ0n) is 10.4. The molecule has 106 valence electrons. The molecule has 1 aromatic carbocycles. The van der Waals surface area contributed by atoms with Gasteiger partial charge in [0.05, 0.1) is 18.1 Å². The first-order valence-electron chi connectivity index (χ1n) is 6.03. The molecule has 1 heterocycles. The molecule has 1 N–H and O–H groups in total. The van der Waals surface area contributed by atoms with Gasteiger partial charge in [0, 0.05) is 24.7 Å². The van der Waals surface area contributed by atoms with Crippen molar-refractivity contribution >= 4 is 21.6 Å². The van der Waals surface area contributed by atoms with Crippen LogP contribution >= 0.6 is 11.6 Å². The van der Waals surface area contributed by atoms with Crippen molar-refractivity contribution in [3.63, 3.8) is 0 Å². The molecular weight excluding hydrogens is 290 g/mol. The summed E-state index contributed by atoms with van der Waals surface area (Å²) < 4.78 is 31.6. The molecule has 19 heavy (non-hydrogen) atoms. The fraction of sp³-hybridized carbons (Fsp3) is 0.500. The van der Waals surface area contributed by atoms with E-state index in [2.05, 4.69) is 0 Å². The minimum absolute atomic E-state index is 0.155. The van der Waals surface area contributed by atoms with Crippen LogP contribution in [0.2, 0.25) is 5.02 Å². The highest BCUT2D eigenvalue weighted by molar-refractivity contribution is 7.89. The lowest BCUT2D eigenvalue weighted by molar-refractivity contribution is 0.148. The average Bonchev–Trinajstić information content (AvgIpc) is 2.68. The predicted octanol–water partition coefficient (Wildman–Crippen LogP) is 1.24. The van der Waals surface area contributed by atoms with E-state index < -0.39 is 10.0 Å². The van der Waals surface area contributed by atoms with Gasteiger partial charge in [0.1, 0.15) is 0 Å². The van der Waals surface area contributed by atoms with Crippen molar-refractivity contribution in [2.75, 3.05) is 26.3 Å². The van der Waals surface area contributed by atoms with E-state index in [0.717, 1.165) is 0 Å². The maximum atomic E-state index is 12.5. The standard InChI is InChI=1S/C12H16ClNO4S/c13-12-3-2-11(8-10(12)9-15)19(16,17)14-4-1-6-18-7-5-14/h2-3,8,15H,1,4-7,9H2. The van der Waals surface area contributed by atoms with E-state index in [0.29, 0.717) is 43.3 Å². The Kier molecular flexibility index (Phi) is 4.81. The van der Waals surface area contributed by atoms with Gasteiger partial charge in [0.2, 0.25) is 10.0 Å². The Morgan fingerprint density at radius 2 is 2.11 bits per heavy atom. The van der Waals surface area contributed by atoms with Gasteiger partial charge in [-0.25, -0.2) is 8.42 Å². The average molecular weight is 306 g/mol. The van der Waals surface area contributed by atoms with Crippen LogP contribution in [0.3, 0.4) is 0 Å². The van der Waals surface area contributed by atoms with Gasteiger partial charge in [-0.05, 0) is 30.2 Å². The van der Waals surface area contributed by atoms with Crippen LogP contribution in [-0.2, 0) is 21.4 Å². The summed E-state index contributed by atoms with van der Waals surface area (Å²) in [5, 5.41) is 9.51. The highest BCUT2D eigenvalue weighted by atomic mass is 35.5. The first-order valence-corrected chi connectivity index (χ1v) is 7.84. The van der Waals surface area contributed by atoms with Crippen molar-refractivity contribution in [2.45, 2.75) is 17.9 Å². The summed E-state index contributed by atoms with van der Waals surface area (Å²) in [5.41, 5.74) is 0.411. The molecule has 0 saturated carbocycles. The lowest BCUT2D eigenvalue weighted by Gasteiger charge is -2.19. The van der Waals surface area contributed by atoms with Gasteiger partial charge in [-0.2, -0.15) is 4.31 Å². The number of benzene rings is 1. The quantitative estimate of drug-likeness (QED) is 0.912. The van der Waals surface area contributed by atoms with E-state index in [9.17, 15) is 8.42 Å². The monoisotopic (exact) mass is 305 g/mol. The highest BCUT2D eigenvalue weighted by Gasteiger charge is 2.25. The highest BCUT2D eigenvalue weighted by Crippen LogP contribution is 2.23. The van der Waals surface area contributed by atoms with Crippen LogP contribution in [-0.4, -0.2) is 44.1 Å². The number of aliphatic hydroxyl groups is 1. The van der Waals surface area contributed by atoms with Crippen molar-refractivity contribution in [1.29, 1.82) is 0 Å². The summed E-state index contributed by atoms with van der Waals surface area (Å²) in [5.74, 6) is 0. The third kappa shape index (κ3) is 3.27. The number of halogens is 1. The number of sulfonamides is 1. The van der Waals surface area contributed by atoms with E-state index in [1.165, 1.54) is 22.5 Å². The predicted molar refractivity (Wildman–Crippen MR) is 71.6 cm³/mol. The second kappa shape index (κ2) is 6.19. The number of hydrogen-bond acceptors (Lipinski definition) is 4. The van der Waals surface area contributed by atoms with E-state index in [4.69, 9.17) is 21.4 Å². The molecule has 2 rings (SSSR count). The summed E-state index contributed by atoms with van der Waals surface area (Å²) >= 11 is 5.87. The Balaban J connectivity index is 2.32. The number of aliphatic hydroxyl groups excluding tert-OH is 1. The van der Waals surface area contributed by atoms with Crippen molar-refractivity contribution in [2.24, 2.45) is 0 Å². The van der Waals surface area contributed by atoms with Crippen molar-refractivity contribution in [3.05, 3.63) is 28.8 Å². The molecule has 1 aliphatic heterocycles. The molecule has 0 bridgehead atoms. The van der Waals surface area contributed by atoms with Gasteiger partial charge in [-0.3, -0.25) is 0 Å². The molecule has 0 aliphatic carbocycles. The van der Waals surface area contributed by atoms with Gasteiger partial charge in [-0.1, -0.05) is 11.6 Å². The summed E-state index contributed by atoms with van der Waals surface area (Å²) in [4.78, 5) is 0.155. The van der Waals surface area contributed by atoms with Crippen LogP contribution in [0.4, 0.5) is 0 Å². The van der Waals surface area contributed by atoms with Gasteiger partial charge in [-0.15, -0.1) is 0 Å². The minimum Gasteiger partial charge on any atom is -0.392 e. The fourth-order valence-corrected chi connectivity index (χ4v) is 3.64. The summed E-state index contributed by atoms with van der Waals surface area (Å²) in [6.07, 6.45) is 0.680. The molecule has 1 aromatic rings. The largest absolute Gasteiger partial charge is 0.392 e. The zero-order valence-corrected chi connectivity index (χ0v) is 12.0. The molecular formula is C12H16ClNO4S. The Morgan fingerprint density at radius 1 is 1.32 bits per heavy atom. The lowest BCUT2D eigenvalue weighted by Crippen LogP contribution is -2.33. The smallest absolute Gasteiger partial charge is 0.243 e. The summed E-state index contributed by atoms with van der Waals surface area (Å²) in [7, 11) is -3.55. The lowest BCUT2D eigenvalue weighted by atomic mass is 10.2. The first-order chi connectivity index (χ1) is 9.05. The van der Waals surface area contributed by atoms with Crippen LogP contribution in [0.5, 0.6) is 0 Å². The fourth-order valence-electron chi connectivity index (χ4n) is 1.95. The Morgan fingerprint density at radius 3 is 2.84 bits per heavy atom. The molecule has 1 saturated heterocycles. The summed E-state index contributed by atoms with van der Waals surface area (Å²) in [6, 6.07) is 4.38. The van der Waals surface area contributed by atoms with Crippen molar-refractivity contribution in [3.8, 4) is 0 Å². The Labute approximate surface area is 117 Å². The van der Waals surface area contributed by atoms with Crippen LogP contribution in [0, 0.1) is 0 Å². The van der Waals surface area contributed by atoms with Crippen molar-refractivity contribution in [1.82, 2.24) is 4.31 Å². The van der Waals surface area contributed by atoms with E-state index in [-0.39, 0.29) is 11.5 Å². The van der Waals surface area contributed by atoms with Gasteiger partial charge < -0.3 is 9.84 Å². The maximum Gasteiger partial charge on any atom is 0.243 e. The normalized spacial score (nSPS) is 18.2. The maximum absolute atomic E-state index is 12.5. The van der Waals surface area contributed by atoms with E-state index in [1.54, 1.807) is 0 Å². The molecule has 0 atom stereocenters. The molecule has 1 fully saturated rings. The van der Waals surface area contributed by atoms with Crippen LogP contribution < -0.4 is 0 Å². The SMILES string of the molecule is O=S(=O)(c1ccc(Cl)c(CO)c1)N1CCCOCC1. The zero-order chi connectivity index (χ0) is 13.9. The number of rotatable bonds is 3. The van der Waals surface area contributed by atoms with E-state index in [1.807, 2.05) is 0 Å². The summed E-state index contributed by atoms with van der Waals surface area (Å²) in [6.45, 7) is 1.48. The molecule has 1 aliphatic rings. The second-order valence-corrected chi connectivity index (χ2v) is 6.63.